The molecule has 0 aliphatic rings. The Morgan fingerprint density at radius 2 is 1.81 bits per heavy atom. The highest BCUT2D eigenvalue weighted by molar-refractivity contribution is 9.10. The van der Waals surface area contributed by atoms with Crippen LogP contribution in [0.5, 0.6) is 0 Å². The van der Waals surface area contributed by atoms with Crippen molar-refractivity contribution in [1.29, 1.82) is 5.26 Å². The van der Waals surface area contributed by atoms with Gasteiger partial charge in [0.2, 0.25) is 0 Å². The first-order valence-corrected chi connectivity index (χ1v) is 9.26. The molecule has 3 aromatic rings. The number of hydrogen-bond acceptors (Lipinski definition) is 3. The molecule has 0 fully saturated rings. The lowest BCUT2D eigenvalue weighted by Crippen LogP contribution is -2.13. The minimum absolute atomic E-state index is 0.0220. The third-order valence-corrected chi connectivity index (χ3v) is 4.56. The van der Waals surface area contributed by atoms with Gasteiger partial charge in [-0.1, -0.05) is 47.1 Å². The number of nitriles is 1. The number of halogens is 1. The van der Waals surface area contributed by atoms with Crippen LogP contribution in [0.25, 0.3) is 17.4 Å². The van der Waals surface area contributed by atoms with Gasteiger partial charge in [0.1, 0.15) is 23.2 Å². The maximum Gasteiger partial charge on any atom is 0.266 e. The van der Waals surface area contributed by atoms with Gasteiger partial charge in [0.25, 0.3) is 5.91 Å². The molecule has 4 nitrogen and oxygen atoms in total. The molecule has 0 saturated carbocycles. The Morgan fingerprint density at radius 1 is 1.11 bits per heavy atom. The van der Waals surface area contributed by atoms with Crippen molar-refractivity contribution >= 4 is 33.6 Å². The van der Waals surface area contributed by atoms with Gasteiger partial charge in [-0.3, -0.25) is 4.79 Å². The monoisotopic (exact) mass is 420 g/mol. The molecule has 1 amide bonds. The average molecular weight is 421 g/mol. The molecule has 27 heavy (non-hydrogen) atoms. The third-order valence-electron chi connectivity index (χ3n) is 4.03. The highest BCUT2D eigenvalue weighted by Crippen LogP contribution is 2.25. The molecule has 0 spiro atoms. The van der Waals surface area contributed by atoms with Crippen LogP contribution in [-0.4, -0.2) is 5.91 Å². The number of amides is 1. The zero-order chi connectivity index (χ0) is 19.2. The zero-order valence-electron chi connectivity index (χ0n) is 14.7. The van der Waals surface area contributed by atoms with Crippen molar-refractivity contribution in [2.75, 3.05) is 5.32 Å². The van der Waals surface area contributed by atoms with Crippen molar-refractivity contribution in [2.45, 2.75) is 13.3 Å². The van der Waals surface area contributed by atoms with Crippen LogP contribution in [0.3, 0.4) is 0 Å². The maximum atomic E-state index is 12.4. The summed E-state index contributed by atoms with van der Waals surface area (Å²) in [5.74, 6) is 0.644. The number of aryl methyl sites for hydroxylation is 1. The molecule has 0 bridgehead atoms. The number of hydrogen-bond donors (Lipinski definition) is 1. The number of carbonyl (C=O) groups excluding carboxylic acids is 1. The van der Waals surface area contributed by atoms with Gasteiger partial charge in [0.15, 0.2) is 0 Å². The number of carbonyl (C=O) groups is 1. The quantitative estimate of drug-likeness (QED) is 0.417. The van der Waals surface area contributed by atoms with Crippen molar-refractivity contribution in [3.8, 4) is 17.4 Å². The molecule has 5 heteroatoms. The van der Waals surface area contributed by atoms with Gasteiger partial charge in [0.05, 0.1) is 0 Å². The second-order valence-corrected chi connectivity index (χ2v) is 6.80. The average Bonchev–Trinajstić information content (AvgIpc) is 3.16. The van der Waals surface area contributed by atoms with Crippen LogP contribution in [0.2, 0.25) is 0 Å². The predicted molar refractivity (Wildman–Crippen MR) is 110 cm³/mol. The van der Waals surface area contributed by atoms with E-state index >= 15 is 0 Å². The van der Waals surface area contributed by atoms with E-state index < -0.39 is 5.91 Å². The second-order valence-electron chi connectivity index (χ2n) is 5.88. The summed E-state index contributed by atoms with van der Waals surface area (Å²) < 4.78 is 6.73. The van der Waals surface area contributed by atoms with Gasteiger partial charge in [0, 0.05) is 21.8 Å². The van der Waals surface area contributed by atoms with Crippen molar-refractivity contribution in [1.82, 2.24) is 0 Å². The summed E-state index contributed by atoms with van der Waals surface area (Å²) >= 11 is 3.40. The topological polar surface area (TPSA) is 66.0 Å². The standard InChI is InChI=1S/C22H17BrN2O2/c1-2-15-3-9-19(10-4-15)25-22(26)17(14-24)13-20-11-12-21(27-20)16-5-7-18(23)8-6-16/h3-13H,2H2,1H3,(H,25,26)/b17-13+. The SMILES string of the molecule is CCc1ccc(NC(=O)/C(C#N)=C/c2ccc(-c3ccc(Br)cc3)o2)cc1. The Balaban J connectivity index is 1.76. The van der Waals surface area contributed by atoms with E-state index in [-0.39, 0.29) is 5.57 Å². The summed E-state index contributed by atoms with van der Waals surface area (Å²) in [4.78, 5) is 12.4. The lowest BCUT2D eigenvalue weighted by atomic mass is 10.1. The number of nitrogens with one attached hydrogen (secondary N) is 1. The van der Waals surface area contributed by atoms with E-state index in [0.717, 1.165) is 16.5 Å². The molecule has 0 atom stereocenters. The minimum Gasteiger partial charge on any atom is -0.457 e. The number of anilines is 1. The predicted octanol–water partition coefficient (Wildman–Crippen LogP) is 5.82. The Bertz CT molecular complexity index is 1010. The first kappa shape index (κ1) is 18.7. The lowest BCUT2D eigenvalue weighted by molar-refractivity contribution is -0.112. The number of furan rings is 1. The number of benzene rings is 2. The van der Waals surface area contributed by atoms with Crippen LogP contribution in [0, 0.1) is 11.3 Å². The first-order valence-electron chi connectivity index (χ1n) is 8.47. The van der Waals surface area contributed by atoms with Crippen molar-refractivity contribution in [3.63, 3.8) is 0 Å². The summed E-state index contributed by atoms with van der Waals surface area (Å²) in [7, 11) is 0. The van der Waals surface area contributed by atoms with Gasteiger partial charge in [-0.15, -0.1) is 0 Å². The molecule has 1 heterocycles. The smallest absolute Gasteiger partial charge is 0.266 e. The van der Waals surface area contributed by atoms with Gasteiger partial charge in [-0.25, -0.2) is 0 Å². The highest BCUT2D eigenvalue weighted by atomic mass is 79.9. The molecule has 1 N–H and O–H groups in total. The van der Waals surface area contributed by atoms with Crippen LogP contribution in [0.15, 0.2) is 75.1 Å². The maximum absolute atomic E-state index is 12.4. The molecule has 0 saturated heterocycles. The molecule has 134 valence electrons. The highest BCUT2D eigenvalue weighted by Gasteiger charge is 2.11. The summed E-state index contributed by atoms with van der Waals surface area (Å²) in [6, 6.07) is 20.7. The summed E-state index contributed by atoms with van der Waals surface area (Å²) in [6.07, 6.45) is 2.37. The van der Waals surface area contributed by atoms with Crippen LogP contribution in [0.1, 0.15) is 18.2 Å². The van der Waals surface area contributed by atoms with Crippen LogP contribution >= 0.6 is 15.9 Å². The molecule has 0 radical (unpaired) electrons. The fraction of sp³-hybridized carbons (Fsp3) is 0.0909. The Kier molecular flexibility index (Phi) is 5.90. The molecule has 0 unspecified atom stereocenters. The van der Waals surface area contributed by atoms with Gasteiger partial charge in [-0.2, -0.15) is 5.26 Å². The summed E-state index contributed by atoms with van der Waals surface area (Å²) in [5.41, 5.74) is 2.72. The molecular weight excluding hydrogens is 404 g/mol. The molecular formula is C22H17BrN2O2. The van der Waals surface area contributed by atoms with Crippen LogP contribution < -0.4 is 5.32 Å². The molecule has 0 aliphatic heterocycles. The van der Waals surface area contributed by atoms with Gasteiger partial charge < -0.3 is 9.73 Å². The Labute approximate surface area is 166 Å². The van der Waals surface area contributed by atoms with Gasteiger partial charge >= 0.3 is 0 Å². The molecule has 3 rings (SSSR count). The fourth-order valence-electron chi connectivity index (χ4n) is 2.51. The van der Waals surface area contributed by atoms with E-state index in [4.69, 9.17) is 4.42 Å². The van der Waals surface area contributed by atoms with E-state index in [0.29, 0.717) is 17.2 Å². The van der Waals surface area contributed by atoms with Crippen LogP contribution in [-0.2, 0) is 11.2 Å². The van der Waals surface area contributed by atoms with Crippen LogP contribution in [0.4, 0.5) is 5.69 Å². The number of nitrogens with zero attached hydrogens (tertiary/aromatic N) is 1. The molecule has 1 aromatic heterocycles. The summed E-state index contributed by atoms with van der Waals surface area (Å²) in [5, 5.41) is 12.1. The minimum atomic E-state index is -0.469. The largest absolute Gasteiger partial charge is 0.457 e. The zero-order valence-corrected chi connectivity index (χ0v) is 16.3. The van der Waals surface area contributed by atoms with E-state index in [1.807, 2.05) is 60.7 Å². The number of rotatable bonds is 5. The first-order chi connectivity index (χ1) is 13.1. The van der Waals surface area contributed by atoms with E-state index in [1.165, 1.54) is 11.6 Å². The van der Waals surface area contributed by atoms with Crippen molar-refractivity contribution in [2.24, 2.45) is 0 Å². The van der Waals surface area contributed by atoms with Gasteiger partial charge in [-0.05, 0) is 48.4 Å². The Hall–Kier alpha value is -3.10. The fourth-order valence-corrected chi connectivity index (χ4v) is 2.78. The lowest BCUT2D eigenvalue weighted by Gasteiger charge is -2.05. The van der Waals surface area contributed by atoms with E-state index in [1.54, 1.807) is 6.07 Å². The molecule has 0 aliphatic carbocycles. The second kappa shape index (κ2) is 8.52. The molecule has 2 aromatic carbocycles. The van der Waals surface area contributed by atoms with Crippen molar-refractivity contribution < 1.29 is 9.21 Å². The van der Waals surface area contributed by atoms with Crippen molar-refractivity contribution in [3.05, 3.63) is 82.0 Å². The normalized spacial score (nSPS) is 11.1. The summed E-state index contributed by atoms with van der Waals surface area (Å²) in [6.45, 7) is 2.07. The third kappa shape index (κ3) is 4.75. The van der Waals surface area contributed by atoms with E-state index in [2.05, 4.69) is 28.2 Å². The Morgan fingerprint density at radius 3 is 2.44 bits per heavy atom. The van der Waals surface area contributed by atoms with E-state index in [9.17, 15) is 10.1 Å².